The van der Waals surface area contributed by atoms with Gasteiger partial charge in [-0.25, -0.2) is 4.79 Å². The lowest BCUT2D eigenvalue weighted by molar-refractivity contribution is -0.139. The molecule has 1 aliphatic rings. The molecule has 0 saturated heterocycles. The Hall–Kier alpha value is -2.77. The monoisotopic (exact) mass is 448 g/mol. The molecule has 0 fully saturated rings. The van der Waals surface area contributed by atoms with Crippen LogP contribution in [0.25, 0.3) is 0 Å². The smallest absolute Gasteiger partial charge is 0.338 e. The highest BCUT2D eigenvalue weighted by molar-refractivity contribution is 7.80. The summed E-state index contributed by atoms with van der Waals surface area (Å²) in [5, 5.41) is 6.59. The molecule has 2 aromatic rings. The van der Waals surface area contributed by atoms with E-state index in [1.807, 2.05) is 36.4 Å². The number of esters is 1. The standard InChI is InChI=1S/C22H24N2O4S.ClH/c1-14-19(21(25)28-12-11-15-7-5-4-6-8-15)20(24-22(29)23-14)17-13-16(26-2)9-10-18(17)27-3;/h4-10,13,20H,11-12H2,1-3H3,(H2,23,24,29);1H. The van der Waals surface area contributed by atoms with Gasteiger partial charge in [0.25, 0.3) is 0 Å². The highest BCUT2D eigenvalue weighted by atomic mass is 35.5. The van der Waals surface area contributed by atoms with E-state index in [9.17, 15) is 4.79 Å². The van der Waals surface area contributed by atoms with Crippen molar-refractivity contribution >= 4 is 35.7 Å². The van der Waals surface area contributed by atoms with E-state index >= 15 is 0 Å². The molecule has 160 valence electrons. The van der Waals surface area contributed by atoms with Crippen molar-refractivity contribution in [2.45, 2.75) is 19.4 Å². The molecular weight excluding hydrogens is 424 g/mol. The third kappa shape index (κ3) is 5.43. The topological polar surface area (TPSA) is 68.8 Å². The number of thiocarbonyl (C=S) groups is 1. The van der Waals surface area contributed by atoms with E-state index in [-0.39, 0.29) is 19.0 Å². The Labute approximate surface area is 188 Å². The van der Waals surface area contributed by atoms with Crippen LogP contribution in [-0.2, 0) is 16.0 Å². The number of rotatable bonds is 7. The average Bonchev–Trinajstić information content (AvgIpc) is 2.73. The number of allylic oxidation sites excluding steroid dienone is 1. The third-order valence-electron chi connectivity index (χ3n) is 4.70. The van der Waals surface area contributed by atoms with Crippen LogP contribution in [0.4, 0.5) is 0 Å². The van der Waals surface area contributed by atoms with Crippen molar-refractivity contribution in [1.82, 2.24) is 10.6 Å². The largest absolute Gasteiger partial charge is 0.497 e. The van der Waals surface area contributed by atoms with E-state index in [1.165, 1.54) is 0 Å². The minimum Gasteiger partial charge on any atom is -0.497 e. The number of hydrogen-bond donors (Lipinski definition) is 2. The van der Waals surface area contributed by atoms with Gasteiger partial charge in [0.1, 0.15) is 11.5 Å². The molecule has 30 heavy (non-hydrogen) atoms. The molecule has 0 bridgehead atoms. The molecule has 6 nitrogen and oxygen atoms in total. The van der Waals surface area contributed by atoms with Gasteiger partial charge >= 0.3 is 5.97 Å². The number of carbonyl (C=O) groups is 1. The van der Waals surface area contributed by atoms with Gasteiger partial charge in [-0.1, -0.05) is 30.3 Å². The van der Waals surface area contributed by atoms with E-state index in [4.69, 9.17) is 26.4 Å². The van der Waals surface area contributed by atoms with Gasteiger partial charge in [0.2, 0.25) is 0 Å². The zero-order valence-electron chi connectivity index (χ0n) is 17.1. The van der Waals surface area contributed by atoms with Gasteiger partial charge in [-0.15, -0.1) is 12.4 Å². The fraction of sp³-hybridized carbons (Fsp3) is 0.273. The SMILES string of the molecule is COc1ccc(OC)c(C2NC(=S)NC(C)=C2C(=O)OCCc2ccccc2)c1.Cl. The number of carbonyl (C=O) groups excluding carboxylic acids is 1. The lowest BCUT2D eigenvalue weighted by Crippen LogP contribution is -2.45. The predicted octanol–water partition coefficient (Wildman–Crippen LogP) is 3.70. The molecule has 0 saturated carbocycles. The number of halogens is 1. The van der Waals surface area contributed by atoms with E-state index in [1.54, 1.807) is 33.3 Å². The molecule has 0 amide bonds. The van der Waals surface area contributed by atoms with Crippen LogP contribution in [0.3, 0.4) is 0 Å². The Kier molecular flexibility index (Phi) is 8.50. The Bertz CT molecular complexity index is 934. The first-order valence-electron chi connectivity index (χ1n) is 9.24. The number of hydrogen-bond acceptors (Lipinski definition) is 5. The molecule has 1 atom stereocenters. The van der Waals surface area contributed by atoms with Gasteiger partial charge in [0, 0.05) is 17.7 Å². The normalized spacial score (nSPS) is 15.4. The van der Waals surface area contributed by atoms with Crippen LogP contribution >= 0.6 is 24.6 Å². The summed E-state index contributed by atoms with van der Waals surface area (Å²) in [6.07, 6.45) is 0.644. The van der Waals surface area contributed by atoms with Crippen molar-refractivity contribution in [3.05, 3.63) is 70.9 Å². The summed E-state index contributed by atoms with van der Waals surface area (Å²) in [5.41, 5.74) is 2.95. The summed E-state index contributed by atoms with van der Waals surface area (Å²) < 4.78 is 16.4. The number of ether oxygens (including phenoxy) is 3. The summed E-state index contributed by atoms with van der Waals surface area (Å²) in [5.74, 6) is 0.868. The number of nitrogens with one attached hydrogen (secondary N) is 2. The van der Waals surface area contributed by atoms with E-state index in [0.717, 1.165) is 11.1 Å². The second-order valence-electron chi connectivity index (χ2n) is 6.55. The maximum Gasteiger partial charge on any atom is 0.338 e. The van der Waals surface area contributed by atoms with Gasteiger partial charge in [-0.05, 0) is 42.9 Å². The van der Waals surface area contributed by atoms with Crippen molar-refractivity contribution < 1.29 is 19.0 Å². The van der Waals surface area contributed by atoms with Crippen LogP contribution in [0.15, 0.2) is 59.8 Å². The van der Waals surface area contributed by atoms with Crippen LogP contribution < -0.4 is 20.1 Å². The minimum absolute atomic E-state index is 0. The molecular formula is C22H25ClN2O4S. The molecule has 0 aromatic heterocycles. The quantitative estimate of drug-likeness (QED) is 0.494. The van der Waals surface area contributed by atoms with Crippen LogP contribution in [0.5, 0.6) is 11.5 Å². The van der Waals surface area contributed by atoms with Crippen molar-refractivity contribution in [3.63, 3.8) is 0 Å². The molecule has 2 N–H and O–H groups in total. The van der Waals surface area contributed by atoms with Gasteiger partial charge in [0.05, 0.1) is 32.4 Å². The zero-order chi connectivity index (χ0) is 20.8. The number of benzene rings is 2. The fourth-order valence-electron chi connectivity index (χ4n) is 3.25. The Morgan fingerprint density at radius 2 is 1.83 bits per heavy atom. The lowest BCUT2D eigenvalue weighted by atomic mass is 9.94. The van der Waals surface area contributed by atoms with Gasteiger partial charge in [-0.3, -0.25) is 0 Å². The minimum atomic E-state index is -0.516. The van der Waals surface area contributed by atoms with Crippen LogP contribution in [0.2, 0.25) is 0 Å². The molecule has 2 aromatic carbocycles. The second-order valence-corrected chi connectivity index (χ2v) is 6.96. The lowest BCUT2D eigenvalue weighted by Gasteiger charge is -2.30. The molecule has 0 aliphatic carbocycles. The average molecular weight is 449 g/mol. The molecule has 1 heterocycles. The fourth-order valence-corrected chi connectivity index (χ4v) is 3.52. The Morgan fingerprint density at radius 3 is 2.50 bits per heavy atom. The third-order valence-corrected chi connectivity index (χ3v) is 4.92. The first-order chi connectivity index (χ1) is 14.0. The van der Waals surface area contributed by atoms with E-state index < -0.39 is 12.0 Å². The van der Waals surface area contributed by atoms with Crippen LogP contribution in [0.1, 0.15) is 24.1 Å². The summed E-state index contributed by atoms with van der Waals surface area (Å²) in [4.78, 5) is 13.0. The van der Waals surface area contributed by atoms with Crippen molar-refractivity contribution in [2.24, 2.45) is 0 Å². The first kappa shape index (κ1) is 23.5. The van der Waals surface area contributed by atoms with Crippen molar-refractivity contribution in [1.29, 1.82) is 0 Å². The second kappa shape index (κ2) is 10.8. The molecule has 3 rings (SSSR count). The predicted molar refractivity (Wildman–Crippen MR) is 122 cm³/mol. The Balaban J connectivity index is 0.00000320. The summed E-state index contributed by atoms with van der Waals surface area (Å²) in [7, 11) is 3.17. The van der Waals surface area contributed by atoms with Crippen molar-refractivity contribution in [3.8, 4) is 11.5 Å². The molecule has 0 spiro atoms. The summed E-state index contributed by atoms with van der Waals surface area (Å²) in [6.45, 7) is 2.09. The van der Waals surface area contributed by atoms with Crippen LogP contribution in [0, 0.1) is 0 Å². The summed E-state index contributed by atoms with van der Waals surface area (Å²) in [6, 6.07) is 14.8. The molecule has 1 aliphatic heterocycles. The first-order valence-corrected chi connectivity index (χ1v) is 9.65. The molecule has 1 unspecified atom stereocenters. The van der Waals surface area contributed by atoms with E-state index in [2.05, 4.69) is 10.6 Å². The van der Waals surface area contributed by atoms with Gasteiger partial charge in [-0.2, -0.15) is 0 Å². The number of methoxy groups -OCH3 is 2. The molecule has 8 heteroatoms. The summed E-state index contributed by atoms with van der Waals surface area (Å²) >= 11 is 5.31. The maximum absolute atomic E-state index is 13.0. The van der Waals surface area contributed by atoms with Gasteiger partial charge in [0.15, 0.2) is 5.11 Å². The zero-order valence-corrected chi connectivity index (χ0v) is 18.7. The van der Waals surface area contributed by atoms with Crippen molar-refractivity contribution in [2.75, 3.05) is 20.8 Å². The van der Waals surface area contributed by atoms with Crippen LogP contribution in [-0.4, -0.2) is 31.9 Å². The van der Waals surface area contributed by atoms with Gasteiger partial charge < -0.3 is 24.8 Å². The highest BCUT2D eigenvalue weighted by Crippen LogP contribution is 2.35. The molecule has 0 radical (unpaired) electrons. The Morgan fingerprint density at radius 1 is 1.10 bits per heavy atom. The highest BCUT2D eigenvalue weighted by Gasteiger charge is 2.33. The van der Waals surface area contributed by atoms with E-state index in [0.29, 0.717) is 34.3 Å². The maximum atomic E-state index is 13.0.